The van der Waals surface area contributed by atoms with E-state index in [9.17, 15) is 4.79 Å². The molecule has 2 aliphatic heterocycles. The monoisotopic (exact) mass is 331 g/mol. The van der Waals surface area contributed by atoms with Crippen LogP contribution >= 0.6 is 11.3 Å². The standard InChI is InChI=1S/C16H21N5OS/c1-20-10-13(8-19-20)15-18-9-14(23-15)16(22)21-4-2-11-6-17-7-12(11)3-5-21/h8-12,17H,2-7H2,1H3/t11-,12+. The van der Waals surface area contributed by atoms with E-state index in [1.54, 1.807) is 17.1 Å². The summed E-state index contributed by atoms with van der Waals surface area (Å²) in [5.41, 5.74) is 0.966. The Hall–Kier alpha value is -1.73. The van der Waals surface area contributed by atoms with Gasteiger partial charge in [0.1, 0.15) is 9.88 Å². The molecule has 2 atom stereocenters. The second-order valence-electron chi connectivity index (χ2n) is 6.48. The predicted octanol–water partition coefficient (Wildman–Crippen LogP) is 1.62. The summed E-state index contributed by atoms with van der Waals surface area (Å²) >= 11 is 1.46. The molecule has 0 spiro atoms. The molecule has 4 rings (SSSR count). The van der Waals surface area contributed by atoms with Gasteiger partial charge in [0, 0.05) is 31.9 Å². The number of aromatic nitrogens is 3. The molecule has 1 amide bonds. The lowest BCUT2D eigenvalue weighted by Gasteiger charge is -2.19. The van der Waals surface area contributed by atoms with Crippen LogP contribution in [0.3, 0.4) is 0 Å². The number of nitrogens with one attached hydrogen (secondary N) is 1. The molecule has 2 saturated heterocycles. The molecule has 7 heteroatoms. The van der Waals surface area contributed by atoms with Gasteiger partial charge in [-0.05, 0) is 37.8 Å². The summed E-state index contributed by atoms with van der Waals surface area (Å²) in [6.07, 6.45) is 7.64. The smallest absolute Gasteiger partial charge is 0.265 e. The number of thiazole rings is 1. The minimum absolute atomic E-state index is 0.130. The maximum Gasteiger partial charge on any atom is 0.265 e. The third-order valence-corrected chi connectivity index (χ3v) is 6.01. The Morgan fingerprint density at radius 3 is 2.65 bits per heavy atom. The van der Waals surface area contributed by atoms with E-state index in [0.29, 0.717) is 0 Å². The SMILES string of the molecule is Cn1cc(-c2ncc(C(=O)N3CC[C@@H]4CNC[C@@H]4CC3)s2)cn1. The fourth-order valence-corrected chi connectivity index (χ4v) is 4.47. The second-order valence-corrected chi connectivity index (χ2v) is 7.51. The van der Waals surface area contributed by atoms with Crippen LogP contribution in [-0.2, 0) is 7.05 Å². The molecule has 2 aliphatic rings. The molecule has 2 fully saturated rings. The normalized spacial score (nSPS) is 24.5. The van der Waals surface area contributed by atoms with Crippen molar-refractivity contribution in [3.8, 4) is 10.6 Å². The Kier molecular flexibility index (Phi) is 3.90. The Bertz CT molecular complexity index is 695. The molecular weight excluding hydrogens is 310 g/mol. The van der Waals surface area contributed by atoms with E-state index in [0.717, 1.165) is 66.3 Å². The van der Waals surface area contributed by atoms with Gasteiger partial charge < -0.3 is 10.2 Å². The molecule has 122 valence electrons. The van der Waals surface area contributed by atoms with E-state index in [-0.39, 0.29) is 5.91 Å². The van der Waals surface area contributed by atoms with Crippen molar-refractivity contribution < 1.29 is 4.79 Å². The van der Waals surface area contributed by atoms with E-state index in [1.165, 1.54) is 11.3 Å². The largest absolute Gasteiger partial charge is 0.338 e. The summed E-state index contributed by atoms with van der Waals surface area (Å²) < 4.78 is 1.75. The van der Waals surface area contributed by atoms with Crippen LogP contribution in [0.25, 0.3) is 10.6 Å². The summed E-state index contributed by atoms with van der Waals surface area (Å²) in [6, 6.07) is 0. The molecule has 0 aromatic carbocycles. The van der Waals surface area contributed by atoms with E-state index < -0.39 is 0 Å². The number of likely N-dealkylation sites (tertiary alicyclic amines) is 1. The number of carbonyl (C=O) groups is 1. The van der Waals surface area contributed by atoms with Gasteiger partial charge in [0.2, 0.25) is 0 Å². The quantitative estimate of drug-likeness (QED) is 0.908. The molecule has 6 nitrogen and oxygen atoms in total. The third-order valence-electron chi connectivity index (χ3n) is 4.97. The van der Waals surface area contributed by atoms with Gasteiger partial charge in [0.05, 0.1) is 12.4 Å². The number of aryl methyl sites for hydroxylation is 1. The van der Waals surface area contributed by atoms with Crippen LogP contribution in [0.5, 0.6) is 0 Å². The fraction of sp³-hybridized carbons (Fsp3) is 0.562. The Morgan fingerprint density at radius 1 is 1.26 bits per heavy atom. The molecule has 0 aliphatic carbocycles. The van der Waals surface area contributed by atoms with Gasteiger partial charge in [0.25, 0.3) is 5.91 Å². The topological polar surface area (TPSA) is 63.1 Å². The van der Waals surface area contributed by atoms with Crippen LogP contribution in [0.4, 0.5) is 0 Å². The van der Waals surface area contributed by atoms with Crippen LogP contribution < -0.4 is 5.32 Å². The van der Waals surface area contributed by atoms with Gasteiger partial charge in [-0.2, -0.15) is 5.10 Å². The number of nitrogens with zero attached hydrogens (tertiary/aromatic N) is 4. The van der Waals surface area contributed by atoms with Crippen molar-refractivity contribution >= 4 is 17.2 Å². The lowest BCUT2D eigenvalue weighted by molar-refractivity contribution is 0.0763. The lowest BCUT2D eigenvalue weighted by atomic mass is 9.92. The molecule has 0 saturated carbocycles. The highest BCUT2D eigenvalue weighted by atomic mass is 32.1. The highest BCUT2D eigenvalue weighted by Crippen LogP contribution is 2.29. The van der Waals surface area contributed by atoms with E-state index in [2.05, 4.69) is 15.4 Å². The van der Waals surface area contributed by atoms with Crippen molar-refractivity contribution in [2.75, 3.05) is 26.2 Å². The molecule has 2 aromatic rings. The van der Waals surface area contributed by atoms with Gasteiger partial charge >= 0.3 is 0 Å². The van der Waals surface area contributed by atoms with Crippen molar-refractivity contribution in [1.29, 1.82) is 0 Å². The molecule has 0 bridgehead atoms. The van der Waals surface area contributed by atoms with Gasteiger partial charge in [-0.3, -0.25) is 9.48 Å². The van der Waals surface area contributed by atoms with Crippen LogP contribution in [0.1, 0.15) is 22.5 Å². The first kappa shape index (κ1) is 14.8. The first-order chi connectivity index (χ1) is 11.2. The van der Waals surface area contributed by atoms with E-state index in [4.69, 9.17) is 0 Å². The highest BCUT2D eigenvalue weighted by Gasteiger charge is 2.32. The molecule has 1 N–H and O–H groups in total. The number of amides is 1. The molecular formula is C16H21N5OS. The lowest BCUT2D eigenvalue weighted by Crippen LogP contribution is -2.32. The maximum absolute atomic E-state index is 12.8. The van der Waals surface area contributed by atoms with Crippen molar-refractivity contribution in [2.24, 2.45) is 18.9 Å². The Balaban J connectivity index is 1.47. The third kappa shape index (κ3) is 2.90. The number of hydrogen-bond acceptors (Lipinski definition) is 5. The Morgan fingerprint density at radius 2 is 2.00 bits per heavy atom. The van der Waals surface area contributed by atoms with Gasteiger partial charge in [-0.1, -0.05) is 0 Å². The van der Waals surface area contributed by atoms with Crippen LogP contribution in [-0.4, -0.2) is 51.8 Å². The van der Waals surface area contributed by atoms with Gasteiger partial charge in [0.15, 0.2) is 0 Å². The number of hydrogen-bond donors (Lipinski definition) is 1. The van der Waals surface area contributed by atoms with Gasteiger partial charge in [-0.15, -0.1) is 11.3 Å². The van der Waals surface area contributed by atoms with Crippen molar-refractivity contribution in [3.05, 3.63) is 23.5 Å². The molecule has 4 heterocycles. The maximum atomic E-state index is 12.8. The number of carbonyl (C=O) groups excluding carboxylic acids is 1. The summed E-state index contributed by atoms with van der Waals surface area (Å²) in [5, 5.41) is 8.49. The summed E-state index contributed by atoms with van der Waals surface area (Å²) in [4.78, 5) is 19.9. The van der Waals surface area contributed by atoms with Crippen LogP contribution in [0, 0.1) is 11.8 Å². The molecule has 2 aromatic heterocycles. The minimum atomic E-state index is 0.130. The van der Waals surface area contributed by atoms with E-state index in [1.807, 2.05) is 18.1 Å². The number of rotatable bonds is 2. The van der Waals surface area contributed by atoms with Crippen molar-refractivity contribution in [2.45, 2.75) is 12.8 Å². The van der Waals surface area contributed by atoms with Crippen LogP contribution in [0.2, 0.25) is 0 Å². The first-order valence-electron chi connectivity index (χ1n) is 8.15. The average molecular weight is 331 g/mol. The zero-order valence-electron chi connectivity index (χ0n) is 13.2. The summed E-state index contributed by atoms with van der Waals surface area (Å²) in [5.74, 6) is 1.60. The fourth-order valence-electron chi connectivity index (χ4n) is 3.62. The minimum Gasteiger partial charge on any atom is -0.338 e. The van der Waals surface area contributed by atoms with E-state index >= 15 is 0 Å². The second kappa shape index (κ2) is 6.05. The van der Waals surface area contributed by atoms with Crippen molar-refractivity contribution in [3.63, 3.8) is 0 Å². The Labute approximate surface area is 139 Å². The first-order valence-corrected chi connectivity index (χ1v) is 8.97. The zero-order chi connectivity index (χ0) is 15.8. The average Bonchev–Trinajstić information content (AvgIpc) is 3.26. The molecule has 0 unspecified atom stereocenters. The molecule has 23 heavy (non-hydrogen) atoms. The predicted molar refractivity (Wildman–Crippen MR) is 89.3 cm³/mol. The van der Waals surface area contributed by atoms with Crippen molar-refractivity contribution in [1.82, 2.24) is 25.0 Å². The summed E-state index contributed by atoms with van der Waals surface area (Å²) in [7, 11) is 1.88. The van der Waals surface area contributed by atoms with Crippen LogP contribution in [0.15, 0.2) is 18.6 Å². The summed E-state index contributed by atoms with van der Waals surface area (Å²) in [6.45, 7) is 3.94. The highest BCUT2D eigenvalue weighted by molar-refractivity contribution is 7.16. The zero-order valence-corrected chi connectivity index (χ0v) is 14.1. The molecule has 0 radical (unpaired) electrons. The number of fused-ring (bicyclic) bond motifs is 1. The van der Waals surface area contributed by atoms with Gasteiger partial charge in [-0.25, -0.2) is 4.98 Å².